The van der Waals surface area contributed by atoms with Crippen LogP contribution < -0.4 is 5.32 Å². The van der Waals surface area contributed by atoms with Crippen LogP contribution in [0, 0.1) is 0 Å². The molecule has 27 heavy (non-hydrogen) atoms. The molecule has 3 heterocycles. The Bertz CT molecular complexity index is 629. The van der Waals surface area contributed by atoms with Crippen LogP contribution in [0.15, 0.2) is 17.4 Å². The molecule has 2 aliphatic rings. The summed E-state index contributed by atoms with van der Waals surface area (Å²) in [6.07, 6.45) is 3.95. The zero-order valence-corrected chi connectivity index (χ0v) is 17.1. The topological polar surface area (TPSA) is 67.2 Å². The Morgan fingerprint density at radius 2 is 2.22 bits per heavy atom. The van der Waals surface area contributed by atoms with Gasteiger partial charge in [0.1, 0.15) is 6.10 Å². The fraction of sp³-hybridized carbons (Fsp3) is 0.789. The molecule has 8 heteroatoms. The number of nitrogens with one attached hydrogen (secondary N) is 1. The van der Waals surface area contributed by atoms with Crippen LogP contribution in [0.2, 0.25) is 0 Å². The van der Waals surface area contributed by atoms with Crippen LogP contribution in [0.3, 0.4) is 0 Å². The summed E-state index contributed by atoms with van der Waals surface area (Å²) in [5, 5.41) is 7.71. The Balaban J connectivity index is 1.60. The van der Waals surface area contributed by atoms with Gasteiger partial charge in [-0.3, -0.25) is 14.6 Å². The van der Waals surface area contributed by atoms with Crippen molar-refractivity contribution in [2.45, 2.75) is 32.4 Å². The molecule has 0 saturated carbocycles. The SMILES string of the molecule is CCNC(=NCCN1CCOCC1(C)C)N1CCOC(c2cnn(C)c2)C1. The summed E-state index contributed by atoms with van der Waals surface area (Å²) in [5.74, 6) is 0.973. The second-order valence-electron chi connectivity index (χ2n) is 7.84. The van der Waals surface area contributed by atoms with E-state index in [1.807, 2.05) is 24.1 Å². The van der Waals surface area contributed by atoms with Gasteiger partial charge in [0.05, 0.1) is 39.1 Å². The standard InChI is InChI=1S/C19H34N6O2/c1-5-20-18(21-6-7-25-9-10-26-15-19(25,2)3)24-8-11-27-17(14-24)16-12-22-23(4)13-16/h12-13,17H,5-11,14-15H2,1-4H3,(H,20,21). The third-order valence-electron chi connectivity index (χ3n) is 5.25. The number of guanidine groups is 1. The van der Waals surface area contributed by atoms with Gasteiger partial charge in [0, 0.05) is 50.5 Å². The molecule has 3 rings (SSSR count). The lowest BCUT2D eigenvalue weighted by molar-refractivity contribution is -0.0492. The van der Waals surface area contributed by atoms with E-state index in [9.17, 15) is 0 Å². The Kier molecular flexibility index (Phi) is 6.73. The van der Waals surface area contributed by atoms with Crippen molar-refractivity contribution in [3.63, 3.8) is 0 Å². The van der Waals surface area contributed by atoms with Crippen molar-refractivity contribution in [1.29, 1.82) is 0 Å². The number of ether oxygens (including phenoxy) is 2. The predicted molar refractivity (Wildman–Crippen MR) is 106 cm³/mol. The third kappa shape index (κ3) is 5.21. The van der Waals surface area contributed by atoms with E-state index in [0.29, 0.717) is 6.61 Å². The van der Waals surface area contributed by atoms with E-state index in [2.05, 4.69) is 41.0 Å². The number of aliphatic imine (C=N–C) groups is 1. The highest BCUT2D eigenvalue weighted by atomic mass is 16.5. The van der Waals surface area contributed by atoms with Crippen LogP contribution >= 0.6 is 0 Å². The largest absolute Gasteiger partial charge is 0.378 e. The highest BCUT2D eigenvalue weighted by Gasteiger charge is 2.30. The molecule has 0 spiro atoms. The minimum atomic E-state index is 0.0366. The lowest BCUT2D eigenvalue weighted by Crippen LogP contribution is -2.54. The fourth-order valence-electron chi connectivity index (χ4n) is 3.66. The average Bonchev–Trinajstić information content (AvgIpc) is 3.09. The van der Waals surface area contributed by atoms with E-state index < -0.39 is 0 Å². The molecular formula is C19H34N6O2. The minimum Gasteiger partial charge on any atom is -0.378 e. The first kappa shape index (κ1) is 20.1. The molecule has 2 fully saturated rings. The predicted octanol–water partition coefficient (Wildman–Crippen LogP) is 0.870. The van der Waals surface area contributed by atoms with Crippen LogP contribution in [-0.2, 0) is 16.5 Å². The molecule has 1 atom stereocenters. The van der Waals surface area contributed by atoms with Gasteiger partial charge < -0.3 is 19.7 Å². The van der Waals surface area contributed by atoms with Crippen LogP contribution in [0.4, 0.5) is 0 Å². The number of rotatable bonds is 5. The maximum atomic E-state index is 5.96. The number of hydrogen-bond acceptors (Lipinski definition) is 5. The Labute approximate surface area is 162 Å². The number of morpholine rings is 2. The van der Waals surface area contributed by atoms with E-state index in [-0.39, 0.29) is 11.6 Å². The summed E-state index contributed by atoms with van der Waals surface area (Å²) in [4.78, 5) is 9.68. The van der Waals surface area contributed by atoms with Gasteiger partial charge in [-0.15, -0.1) is 0 Å². The Morgan fingerprint density at radius 1 is 1.37 bits per heavy atom. The first-order chi connectivity index (χ1) is 13.0. The van der Waals surface area contributed by atoms with E-state index in [1.165, 1.54) is 0 Å². The van der Waals surface area contributed by atoms with Crippen molar-refractivity contribution >= 4 is 5.96 Å². The second kappa shape index (κ2) is 9.03. The molecule has 1 N–H and O–H groups in total. The van der Waals surface area contributed by atoms with E-state index in [0.717, 1.165) is 64.0 Å². The zero-order chi connectivity index (χ0) is 19.3. The van der Waals surface area contributed by atoms with E-state index >= 15 is 0 Å². The second-order valence-corrected chi connectivity index (χ2v) is 7.84. The normalized spacial score (nSPS) is 24.2. The highest BCUT2D eigenvalue weighted by Crippen LogP contribution is 2.22. The molecule has 0 radical (unpaired) electrons. The van der Waals surface area contributed by atoms with Crippen LogP contribution in [0.5, 0.6) is 0 Å². The summed E-state index contributed by atoms with van der Waals surface area (Å²) in [7, 11) is 1.93. The smallest absolute Gasteiger partial charge is 0.194 e. The van der Waals surface area contributed by atoms with Crippen molar-refractivity contribution in [2.75, 3.05) is 59.1 Å². The maximum Gasteiger partial charge on any atom is 0.194 e. The molecule has 1 unspecified atom stereocenters. The average molecular weight is 379 g/mol. The van der Waals surface area contributed by atoms with E-state index in [4.69, 9.17) is 14.5 Å². The quantitative estimate of drug-likeness (QED) is 0.606. The molecule has 2 saturated heterocycles. The van der Waals surface area contributed by atoms with Gasteiger partial charge in [-0.05, 0) is 20.8 Å². The lowest BCUT2D eigenvalue weighted by atomic mass is 10.0. The number of hydrogen-bond donors (Lipinski definition) is 1. The van der Waals surface area contributed by atoms with Crippen molar-refractivity contribution in [2.24, 2.45) is 12.0 Å². The summed E-state index contributed by atoms with van der Waals surface area (Å²) in [6, 6.07) is 0. The number of aryl methyl sites for hydroxylation is 1. The molecular weight excluding hydrogens is 344 g/mol. The molecule has 8 nitrogen and oxygen atoms in total. The molecule has 1 aromatic heterocycles. The number of aromatic nitrogens is 2. The summed E-state index contributed by atoms with van der Waals surface area (Å²) >= 11 is 0. The first-order valence-corrected chi connectivity index (χ1v) is 9.96. The van der Waals surface area contributed by atoms with Gasteiger partial charge in [-0.2, -0.15) is 5.10 Å². The van der Waals surface area contributed by atoms with Gasteiger partial charge in [0.2, 0.25) is 0 Å². The Hall–Kier alpha value is -1.64. The molecule has 1 aromatic rings. The molecule has 0 bridgehead atoms. The first-order valence-electron chi connectivity index (χ1n) is 9.96. The van der Waals surface area contributed by atoms with Gasteiger partial charge >= 0.3 is 0 Å². The summed E-state index contributed by atoms with van der Waals surface area (Å²) < 4.78 is 13.4. The van der Waals surface area contributed by atoms with Crippen molar-refractivity contribution < 1.29 is 9.47 Å². The molecule has 0 aromatic carbocycles. The number of nitrogens with zero attached hydrogens (tertiary/aromatic N) is 5. The molecule has 152 valence electrons. The zero-order valence-electron chi connectivity index (χ0n) is 17.1. The van der Waals surface area contributed by atoms with Crippen molar-refractivity contribution in [3.8, 4) is 0 Å². The Morgan fingerprint density at radius 3 is 2.93 bits per heavy atom. The maximum absolute atomic E-state index is 5.96. The van der Waals surface area contributed by atoms with Crippen molar-refractivity contribution in [1.82, 2.24) is 24.9 Å². The molecule has 0 aliphatic carbocycles. The van der Waals surface area contributed by atoms with Crippen LogP contribution in [0.25, 0.3) is 0 Å². The fourth-order valence-corrected chi connectivity index (χ4v) is 3.66. The molecule has 2 aliphatic heterocycles. The highest BCUT2D eigenvalue weighted by molar-refractivity contribution is 5.80. The van der Waals surface area contributed by atoms with Gasteiger partial charge in [0.15, 0.2) is 5.96 Å². The molecule has 0 amide bonds. The van der Waals surface area contributed by atoms with Crippen molar-refractivity contribution in [3.05, 3.63) is 18.0 Å². The third-order valence-corrected chi connectivity index (χ3v) is 5.25. The monoisotopic (exact) mass is 378 g/mol. The summed E-state index contributed by atoms with van der Waals surface area (Å²) in [6.45, 7) is 14.1. The van der Waals surface area contributed by atoms with Gasteiger partial charge in [-0.25, -0.2) is 0 Å². The van der Waals surface area contributed by atoms with Gasteiger partial charge in [-0.1, -0.05) is 0 Å². The van der Waals surface area contributed by atoms with Gasteiger partial charge in [0.25, 0.3) is 0 Å². The summed E-state index contributed by atoms with van der Waals surface area (Å²) in [5.41, 5.74) is 1.20. The van der Waals surface area contributed by atoms with Crippen LogP contribution in [0.1, 0.15) is 32.4 Å². The lowest BCUT2D eigenvalue weighted by Gasteiger charge is -2.42. The van der Waals surface area contributed by atoms with E-state index in [1.54, 1.807) is 0 Å². The minimum absolute atomic E-state index is 0.0366. The van der Waals surface area contributed by atoms with Crippen LogP contribution in [-0.4, -0.2) is 90.2 Å².